The standard InChI is InChI=1S/C100H114N8O36/c1-56(60-9-13-68-47-72(135-5)21-17-64(68)43-60)97(131)141-39-33-107(34-40-142-98(132)57(2)61-10-14-69-48-73(136-6)22-18-65(69)44-61)83(111)27-29-90(123)139-37-31-106(82(110)26-25-81(109)101-76(51-85(113)114)92(125)102-77(52-86(115)116)93(126)103-78(53-87(117)118)94(127)104-79(54-88(119)120)95(128)105-80(96(129)130)55-89(121)122)32-38-140-91(124)30-28-84(112)108(35-41-143-99(133)58(3)62-11-15-70-49-74(137-7)23-19-66(70)45-62)36-42-144-100(134)59(4)63-12-16-71-50-75(138-8)24-20-67(71)46-63/h9-24,43-50,56-59,76-80H,25-42,51-55H2,1-8H3,(H,101,109)(H,102,125)(H,103,126)(H,104,127)(H,105,128)(H,113,114)(H,115,116)(H,117,118)(H,119,120)(H,121,122)(H,129,130)/t56-,57-,58-,59-,76-,77-,78-,79-,80-/m0/s1. The molecule has 144 heavy (non-hydrogen) atoms. The zero-order chi connectivity index (χ0) is 106. The zero-order valence-electron chi connectivity index (χ0n) is 80.1. The number of esters is 6. The minimum atomic E-state index is -2.40. The third-order valence-electron chi connectivity index (χ3n) is 23.1. The number of carboxylic acids is 6. The molecule has 8 rings (SSSR count). The molecule has 0 aliphatic heterocycles. The van der Waals surface area contributed by atoms with Crippen molar-refractivity contribution < 1.29 is 174 Å². The molecule has 8 aromatic rings. The minimum absolute atomic E-state index is 0.259. The molecule has 44 heteroatoms. The van der Waals surface area contributed by atoms with Crippen molar-refractivity contribution in [2.75, 3.05) is 107 Å². The number of fused-ring (bicyclic) bond motifs is 4. The van der Waals surface area contributed by atoms with Gasteiger partial charge in [-0.1, -0.05) is 97.1 Å². The molecule has 0 fully saturated rings. The van der Waals surface area contributed by atoms with E-state index in [2.05, 4.69) is 0 Å². The average Bonchev–Trinajstić information content (AvgIpc) is 0.823. The van der Waals surface area contributed by atoms with Gasteiger partial charge >= 0.3 is 71.6 Å². The molecule has 0 aliphatic rings. The van der Waals surface area contributed by atoms with Crippen LogP contribution in [-0.4, -0.2) is 302 Å². The summed E-state index contributed by atoms with van der Waals surface area (Å²) in [6.45, 7) is 1.59. The summed E-state index contributed by atoms with van der Waals surface area (Å²) in [5.74, 6) is -26.8. The highest BCUT2D eigenvalue weighted by atomic mass is 16.6. The van der Waals surface area contributed by atoms with Gasteiger partial charge in [0.15, 0.2) is 0 Å². The van der Waals surface area contributed by atoms with E-state index >= 15 is 0 Å². The van der Waals surface area contributed by atoms with Crippen molar-refractivity contribution in [3.05, 3.63) is 168 Å². The summed E-state index contributed by atoms with van der Waals surface area (Å²) in [5.41, 5.74) is 2.47. The highest BCUT2D eigenvalue weighted by Crippen LogP contribution is 2.32. The van der Waals surface area contributed by atoms with E-state index in [1.165, 1.54) is 38.2 Å². The smallest absolute Gasteiger partial charge is 0.326 e. The lowest BCUT2D eigenvalue weighted by molar-refractivity contribution is -0.150. The van der Waals surface area contributed by atoms with Crippen molar-refractivity contribution in [1.82, 2.24) is 41.3 Å². The second-order valence-corrected chi connectivity index (χ2v) is 33.2. The summed E-state index contributed by atoms with van der Waals surface area (Å²) in [7, 11) is 6.13. The number of carbonyl (C=O) groups is 20. The largest absolute Gasteiger partial charge is 0.497 e. The number of rotatable bonds is 59. The molecule has 770 valence electrons. The first-order valence-corrected chi connectivity index (χ1v) is 45.5. The number of methoxy groups -OCH3 is 4. The van der Waals surface area contributed by atoms with Crippen molar-refractivity contribution in [3.8, 4) is 23.0 Å². The summed E-state index contributed by atoms with van der Waals surface area (Å²) in [4.78, 5) is 267. The van der Waals surface area contributed by atoms with Gasteiger partial charge in [-0.2, -0.15) is 0 Å². The molecular formula is C100H114N8O36. The van der Waals surface area contributed by atoms with Gasteiger partial charge in [0.05, 0.1) is 136 Å². The first kappa shape index (κ1) is 113. The number of benzene rings is 8. The number of aliphatic carboxylic acids is 6. The average molecular weight is 2000 g/mol. The van der Waals surface area contributed by atoms with Gasteiger partial charge in [0.2, 0.25) is 47.3 Å². The Morgan fingerprint density at radius 3 is 0.701 bits per heavy atom. The van der Waals surface area contributed by atoms with Crippen LogP contribution in [0.25, 0.3) is 43.1 Å². The fourth-order valence-corrected chi connectivity index (χ4v) is 14.8. The number of nitrogens with one attached hydrogen (secondary N) is 5. The maximum atomic E-state index is 14.4. The van der Waals surface area contributed by atoms with Crippen LogP contribution in [0.3, 0.4) is 0 Å². The number of carbonyl (C=O) groups excluding carboxylic acids is 14. The maximum Gasteiger partial charge on any atom is 0.326 e. The Hall–Kier alpha value is -16.6. The fraction of sp³-hybridized carbons (Fsp3) is 0.400. The van der Waals surface area contributed by atoms with E-state index in [1.54, 1.807) is 92.2 Å². The lowest BCUT2D eigenvalue weighted by atomic mass is 9.98. The van der Waals surface area contributed by atoms with E-state index in [0.29, 0.717) is 45.3 Å². The normalized spacial score (nSPS) is 12.9. The third kappa shape index (κ3) is 35.3. The topological polar surface area (TPSA) is 625 Å². The van der Waals surface area contributed by atoms with Gasteiger partial charge in [-0.25, -0.2) is 4.79 Å². The lowest BCUT2D eigenvalue weighted by Crippen LogP contribution is -2.59. The zero-order valence-corrected chi connectivity index (χ0v) is 80.1. The van der Waals surface area contributed by atoms with Gasteiger partial charge in [-0.05, 0) is 142 Å². The Kier molecular flexibility index (Phi) is 43.4. The molecule has 0 aliphatic carbocycles. The van der Waals surface area contributed by atoms with Crippen LogP contribution >= 0.6 is 0 Å². The van der Waals surface area contributed by atoms with Gasteiger partial charge in [0.1, 0.15) is 92.8 Å². The van der Waals surface area contributed by atoms with Crippen LogP contribution in [-0.2, 0) is 124 Å². The van der Waals surface area contributed by atoms with Crippen molar-refractivity contribution >= 4 is 162 Å². The predicted octanol–water partition coefficient (Wildman–Crippen LogP) is 5.82. The lowest BCUT2D eigenvalue weighted by Gasteiger charge is -2.25. The predicted molar refractivity (Wildman–Crippen MR) is 507 cm³/mol. The van der Waals surface area contributed by atoms with E-state index in [0.717, 1.165) is 48.0 Å². The molecule has 8 aromatic carbocycles. The molecule has 8 amide bonds. The van der Waals surface area contributed by atoms with Crippen molar-refractivity contribution in [3.63, 3.8) is 0 Å². The van der Waals surface area contributed by atoms with Crippen LogP contribution in [0.1, 0.15) is 144 Å². The van der Waals surface area contributed by atoms with E-state index in [9.17, 15) is 121 Å². The van der Waals surface area contributed by atoms with Crippen LogP contribution in [0.2, 0.25) is 0 Å². The summed E-state index contributed by atoms with van der Waals surface area (Å²) >= 11 is 0. The first-order chi connectivity index (χ1) is 68.5. The number of amides is 8. The van der Waals surface area contributed by atoms with Gasteiger partial charge in [0.25, 0.3) is 0 Å². The quantitative estimate of drug-likeness (QED) is 0.0158. The van der Waals surface area contributed by atoms with Gasteiger partial charge in [-0.3, -0.25) is 91.1 Å². The Labute approximate surface area is 823 Å². The van der Waals surface area contributed by atoms with Crippen LogP contribution in [0.4, 0.5) is 0 Å². The van der Waals surface area contributed by atoms with Crippen LogP contribution < -0.4 is 45.5 Å². The first-order valence-electron chi connectivity index (χ1n) is 45.5. The van der Waals surface area contributed by atoms with Crippen LogP contribution in [0, 0.1) is 0 Å². The van der Waals surface area contributed by atoms with E-state index in [1.807, 2.05) is 108 Å². The van der Waals surface area contributed by atoms with E-state index in [-0.39, 0.29) is 52.6 Å². The second-order valence-electron chi connectivity index (χ2n) is 33.2. The van der Waals surface area contributed by atoms with Crippen LogP contribution in [0.15, 0.2) is 146 Å². The van der Waals surface area contributed by atoms with Gasteiger partial charge in [0, 0.05) is 25.7 Å². The van der Waals surface area contributed by atoms with Crippen LogP contribution in [0.5, 0.6) is 23.0 Å². The Morgan fingerprint density at radius 1 is 0.257 bits per heavy atom. The number of carboxylic acid groups (broad SMARTS) is 6. The molecule has 0 saturated carbocycles. The molecule has 0 heterocycles. The summed E-state index contributed by atoms with van der Waals surface area (Å²) in [5, 5.41) is 73.3. The molecule has 0 radical (unpaired) electrons. The number of hydrogen-bond acceptors (Lipinski definition) is 30. The monoisotopic (exact) mass is 2000 g/mol. The number of hydrogen-bond donors (Lipinski definition) is 11. The summed E-state index contributed by atoms with van der Waals surface area (Å²) < 4.78 is 55.1. The highest BCUT2D eigenvalue weighted by Gasteiger charge is 2.38. The Bertz CT molecular complexity index is 5580. The molecule has 0 bridgehead atoms. The summed E-state index contributed by atoms with van der Waals surface area (Å²) in [6, 6.07) is 31.7. The van der Waals surface area contributed by atoms with Crippen molar-refractivity contribution in [2.45, 2.75) is 152 Å². The van der Waals surface area contributed by atoms with Crippen molar-refractivity contribution in [2.24, 2.45) is 0 Å². The van der Waals surface area contributed by atoms with E-state index in [4.69, 9.17) is 52.5 Å². The molecule has 9 atom stereocenters. The molecule has 0 spiro atoms. The van der Waals surface area contributed by atoms with E-state index < -0.39 is 270 Å². The molecule has 11 N–H and O–H groups in total. The third-order valence-corrected chi connectivity index (χ3v) is 23.1. The number of ether oxygens (including phenoxy) is 10. The fourth-order valence-electron chi connectivity index (χ4n) is 14.8. The molecule has 0 saturated heterocycles. The molecule has 0 aromatic heterocycles. The minimum Gasteiger partial charge on any atom is -0.497 e. The number of nitrogens with zero attached hydrogens (tertiary/aromatic N) is 3. The molecule has 0 unspecified atom stereocenters. The van der Waals surface area contributed by atoms with Gasteiger partial charge in [-0.15, -0.1) is 0 Å². The maximum absolute atomic E-state index is 14.4. The molecule has 44 nitrogen and oxygen atoms in total. The Morgan fingerprint density at radius 2 is 0.465 bits per heavy atom. The Balaban J connectivity index is 0.959. The second kappa shape index (κ2) is 55.4. The van der Waals surface area contributed by atoms with Gasteiger partial charge < -0.3 is 119 Å². The van der Waals surface area contributed by atoms with Crippen molar-refractivity contribution in [1.29, 1.82) is 0 Å². The summed E-state index contributed by atoms with van der Waals surface area (Å²) in [6.07, 6.45) is -11.0. The molecular weight excluding hydrogens is 1890 g/mol. The SMILES string of the molecule is COc1ccc2cc([C@H](C)C(=O)OCCN(CCOC(=O)[C@@H](C)c3ccc4cc(OC)ccc4c3)C(=O)CCC(=O)OCCN(CCOC(=O)CCC(=O)N(CCOC(=O)[C@@H](C)c3ccc4cc(OC)ccc4c3)CCOC(=O)[C@@H](C)c3ccc4cc(OC)ccc4c3)C(=O)CCC(=O)N[C@@H](CC(=O)O)C(=O)N[C@@H](CC(=O)O)C(=O)N[C@@H](CC(=O)O)C(=O)N[C@@H](CC(=O)O)C(=O)N[C@@H](CC(=O)O)C(=O)O)ccc2c1. The highest BCUT2D eigenvalue weighted by molar-refractivity contribution is 6.01.